The second-order valence-corrected chi connectivity index (χ2v) is 3.87. The van der Waals surface area contributed by atoms with Crippen LogP contribution in [-0.4, -0.2) is 15.6 Å². The number of carbonyl (C=O) groups is 1. The maximum atomic E-state index is 11.9. The molecule has 0 bridgehead atoms. The molecular formula is C13H20N2O. The molecule has 16 heavy (non-hydrogen) atoms. The van der Waals surface area contributed by atoms with Crippen LogP contribution in [0.15, 0.2) is 24.0 Å². The van der Waals surface area contributed by atoms with Crippen molar-refractivity contribution in [3.05, 3.63) is 29.6 Å². The molecule has 0 saturated carbocycles. The largest absolute Gasteiger partial charge is 0.289 e. The minimum atomic E-state index is 0.0704. The first kappa shape index (κ1) is 12.7. The summed E-state index contributed by atoms with van der Waals surface area (Å²) in [5.41, 5.74) is 1.88. The van der Waals surface area contributed by atoms with Crippen LogP contribution in [0.3, 0.4) is 0 Å². The first-order chi connectivity index (χ1) is 7.71. The van der Waals surface area contributed by atoms with Crippen LogP contribution in [0.25, 0.3) is 0 Å². The molecule has 0 unspecified atom stereocenters. The first-order valence-corrected chi connectivity index (χ1v) is 5.97. The number of hydrogen-bond donors (Lipinski definition) is 0. The zero-order valence-corrected chi connectivity index (χ0v) is 10.4. The van der Waals surface area contributed by atoms with E-state index in [1.807, 2.05) is 10.9 Å². The molecule has 0 atom stereocenters. The van der Waals surface area contributed by atoms with Gasteiger partial charge in [-0.3, -0.25) is 9.48 Å². The van der Waals surface area contributed by atoms with Gasteiger partial charge in [-0.1, -0.05) is 26.3 Å². The number of hydrogen-bond acceptors (Lipinski definition) is 2. The lowest BCUT2D eigenvalue weighted by molar-refractivity contribution is 0.104. The molecule has 1 heterocycles. The van der Waals surface area contributed by atoms with E-state index in [-0.39, 0.29) is 5.78 Å². The Morgan fingerprint density at radius 3 is 2.62 bits per heavy atom. The van der Waals surface area contributed by atoms with E-state index in [1.54, 1.807) is 12.3 Å². The lowest BCUT2D eigenvalue weighted by Gasteiger charge is -1.98. The number of aromatic nitrogens is 2. The van der Waals surface area contributed by atoms with Crippen LogP contribution in [-0.2, 0) is 6.54 Å². The molecule has 0 aromatic carbocycles. The Kier molecular flexibility index (Phi) is 4.96. The summed E-state index contributed by atoms with van der Waals surface area (Å²) in [6.07, 6.45) is 8.12. The van der Waals surface area contributed by atoms with Crippen molar-refractivity contribution in [3.8, 4) is 0 Å². The van der Waals surface area contributed by atoms with Gasteiger partial charge >= 0.3 is 0 Å². The van der Waals surface area contributed by atoms with Gasteiger partial charge in [0.15, 0.2) is 5.78 Å². The Morgan fingerprint density at radius 2 is 2.06 bits per heavy atom. The van der Waals surface area contributed by atoms with E-state index in [9.17, 15) is 4.79 Å². The topological polar surface area (TPSA) is 34.9 Å². The van der Waals surface area contributed by atoms with Gasteiger partial charge in [0, 0.05) is 12.7 Å². The zero-order chi connectivity index (χ0) is 12.0. The van der Waals surface area contributed by atoms with Crippen molar-refractivity contribution in [2.45, 2.75) is 46.6 Å². The van der Waals surface area contributed by atoms with E-state index in [1.165, 1.54) is 5.57 Å². The average molecular weight is 220 g/mol. The summed E-state index contributed by atoms with van der Waals surface area (Å²) >= 11 is 0. The van der Waals surface area contributed by atoms with Crippen LogP contribution in [0, 0.1) is 0 Å². The highest BCUT2D eigenvalue weighted by Crippen LogP contribution is 2.09. The van der Waals surface area contributed by atoms with E-state index in [2.05, 4.69) is 25.9 Å². The van der Waals surface area contributed by atoms with Gasteiger partial charge in [-0.05, 0) is 25.3 Å². The summed E-state index contributed by atoms with van der Waals surface area (Å²) in [5.74, 6) is 0.0704. The maximum Gasteiger partial charge on any atom is 0.188 e. The number of rotatable bonds is 6. The summed E-state index contributed by atoms with van der Waals surface area (Å²) in [7, 11) is 0. The quantitative estimate of drug-likeness (QED) is 0.545. The van der Waals surface area contributed by atoms with Crippen molar-refractivity contribution >= 4 is 5.78 Å². The molecule has 0 amide bonds. The summed E-state index contributed by atoms with van der Waals surface area (Å²) in [6, 6.07) is 0. The summed E-state index contributed by atoms with van der Waals surface area (Å²) in [4.78, 5) is 11.9. The highest BCUT2D eigenvalue weighted by Gasteiger charge is 2.06. The van der Waals surface area contributed by atoms with E-state index in [4.69, 9.17) is 0 Å². The van der Waals surface area contributed by atoms with Crippen LogP contribution in [0.1, 0.15) is 50.4 Å². The van der Waals surface area contributed by atoms with Gasteiger partial charge in [0.2, 0.25) is 0 Å². The fraction of sp³-hybridized carbons (Fsp3) is 0.538. The Labute approximate surface area is 97.2 Å². The molecule has 0 radical (unpaired) electrons. The lowest BCUT2D eigenvalue weighted by atomic mass is 10.1. The average Bonchev–Trinajstić information content (AvgIpc) is 2.74. The van der Waals surface area contributed by atoms with Crippen LogP contribution in [0.2, 0.25) is 0 Å². The second kappa shape index (κ2) is 6.26. The number of ketones is 1. The molecule has 3 nitrogen and oxygen atoms in total. The van der Waals surface area contributed by atoms with Crippen LogP contribution < -0.4 is 0 Å². The molecule has 0 fully saturated rings. The van der Waals surface area contributed by atoms with Gasteiger partial charge in [0.25, 0.3) is 0 Å². The number of carbonyl (C=O) groups excluding carboxylic acids is 1. The highest BCUT2D eigenvalue weighted by atomic mass is 16.1. The molecule has 1 aromatic rings. The Hall–Kier alpha value is -1.38. The third-order valence-corrected chi connectivity index (χ3v) is 2.61. The van der Waals surface area contributed by atoms with Gasteiger partial charge in [-0.15, -0.1) is 0 Å². The summed E-state index contributed by atoms with van der Waals surface area (Å²) in [5, 5.41) is 4.15. The van der Waals surface area contributed by atoms with Crippen molar-refractivity contribution in [1.29, 1.82) is 0 Å². The summed E-state index contributed by atoms with van der Waals surface area (Å²) < 4.78 is 1.82. The SMILES string of the molecule is CCCn1cc(C(=O)C=C(CC)CC)cn1. The fourth-order valence-corrected chi connectivity index (χ4v) is 1.57. The molecule has 0 aliphatic carbocycles. The van der Waals surface area contributed by atoms with Gasteiger partial charge < -0.3 is 0 Å². The molecule has 0 N–H and O–H groups in total. The minimum absolute atomic E-state index is 0.0704. The fourth-order valence-electron chi connectivity index (χ4n) is 1.57. The molecule has 0 aliphatic rings. The monoisotopic (exact) mass is 220 g/mol. The molecule has 0 spiro atoms. The highest BCUT2D eigenvalue weighted by molar-refractivity contribution is 6.04. The third-order valence-electron chi connectivity index (χ3n) is 2.61. The summed E-state index contributed by atoms with van der Waals surface area (Å²) in [6.45, 7) is 7.10. The second-order valence-electron chi connectivity index (χ2n) is 3.87. The zero-order valence-electron chi connectivity index (χ0n) is 10.4. The Balaban J connectivity index is 2.76. The molecule has 0 saturated heterocycles. The van der Waals surface area contributed by atoms with Crippen LogP contribution in [0.4, 0.5) is 0 Å². The maximum absolute atomic E-state index is 11.9. The minimum Gasteiger partial charge on any atom is -0.289 e. The third kappa shape index (κ3) is 3.33. The lowest BCUT2D eigenvalue weighted by Crippen LogP contribution is -1.97. The molecule has 1 rings (SSSR count). The van der Waals surface area contributed by atoms with Crippen LogP contribution in [0.5, 0.6) is 0 Å². The smallest absolute Gasteiger partial charge is 0.188 e. The molecule has 88 valence electrons. The van der Waals surface area contributed by atoms with Crippen LogP contribution >= 0.6 is 0 Å². The molecule has 1 aromatic heterocycles. The predicted octanol–water partition coefficient (Wildman–Crippen LogP) is 3.22. The van der Waals surface area contributed by atoms with Gasteiger partial charge in [-0.2, -0.15) is 5.10 Å². The Morgan fingerprint density at radius 1 is 1.38 bits per heavy atom. The van der Waals surface area contributed by atoms with Crippen molar-refractivity contribution in [1.82, 2.24) is 9.78 Å². The molecular weight excluding hydrogens is 200 g/mol. The van der Waals surface area contributed by atoms with E-state index in [0.717, 1.165) is 25.8 Å². The number of aryl methyl sites for hydroxylation is 1. The van der Waals surface area contributed by atoms with Gasteiger partial charge in [0.1, 0.15) is 0 Å². The van der Waals surface area contributed by atoms with E-state index in [0.29, 0.717) is 5.56 Å². The van der Waals surface area contributed by atoms with Crippen molar-refractivity contribution in [2.24, 2.45) is 0 Å². The number of nitrogens with zero attached hydrogens (tertiary/aromatic N) is 2. The normalized spacial score (nSPS) is 10.2. The van der Waals surface area contributed by atoms with E-state index >= 15 is 0 Å². The van der Waals surface area contributed by atoms with Gasteiger partial charge in [0.05, 0.1) is 11.8 Å². The first-order valence-electron chi connectivity index (χ1n) is 5.97. The molecule has 3 heteroatoms. The molecule has 0 aliphatic heterocycles. The van der Waals surface area contributed by atoms with Crippen molar-refractivity contribution in [3.63, 3.8) is 0 Å². The number of allylic oxidation sites excluding steroid dienone is 2. The predicted molar refractivity (Wildman–Crippen MR) is 65.5 cm³/mol. The standard InChI is InChI=1S/C13H20N2O/c1-4-7-15-10-12(9-14-15)13(16)8-11(5-2)6-3/h8-10H,4-7H2,1-3H3. The van der Waals surface area contributed by atoms with Gasteiger partial charge in [-0.25, -0.2) is 0 Å². The van der Waals surface area contributed by atoms with Crippen molar-refractivity contribution in [2.75, 3.05) is 0 Å². The Bertz CT molecular complexity index is 371. The van der Waals surface area contributed by atoms with Crippen molar-refractivity contribution < 1.29 is 4.79 Å². The van der Waals surface area contributed by atoms with E-state index < -0.39 is 0 Å².